The van der Waals surface area contributed by atoms with Gasteiger partial charge in [-0.2, -0.15) is 0 Å². The Labute approximate surface area is 217 Å². The molecule has 0 N–H and O–H groups in total. The average Bonchev–Trinajstić information content (AvgIpc) is 3.17. The van der Waals surface area contributed by atoms with Crippen molar-refractivity contribution in [3.8, 4) is 11.5 Å². The van der Waals surface area contributed by atoms with Gasteiger partial charge < -0.3 is 14.2 Å². The molecule has 0 unspecified atom stereocenters. The van der Waals surface area contributed by atoms with E-state index in [9.17, 15) is 9.59 Å². The predicted molar refractivity (Wildman–Crippen MR) is 141 cm³/mol. The van der Waals surface area contributed by atoms with Crippen LogP contribution in [0.3, 0.4) is 0 Å². The van der Waals surface area contributed by atoms with Gasteiger partial charge in [0.05, 0.1) is 36.1 Å². The number of halogens is 1. The zero-order valence-electron chi connectivity index (χ0n) is 20.5. The second kappa shape index (κ2) is 11.1. The van der Waals surface area contributed by atoms with Crippen molar-refractivity contribution in [3.05, 3.63) is 89.6 Å². The van der Waals surface area contributed by atoms with Crippen LogP contribution in [0.15, 0.2) is 63.5 Å². The Balaban J connectivity index is 1.89. The lowest BCUT2D eigenvalue weighted by Crippen LogP contribution is -2.40. The summed E-state index contributed by atoms with van der Waals surface area (Å²) >= 11 is 7.79. The molecule has 188 valence electrons. The van der Waals surface area contributed by atoms with Gasteiger partial charge in [0.2, 0.25) is 0 Å². The molecule has 7 nitrogen and oxygen atoms in total. The maximum absolute atomic E-state index is 13.7. The van der Waals surface area contributed by atoms with Crippen molar-refractivity contribution in [1.82, 2.24) is 4.57 Å². The maximum atomic E-state index is 13.7. The molecule has 0 fully saturated rings. The van der Waals surface area contributed by atoms with Crippen molar-refractivity contribution in [2.75, 3.05) is 20.3 Å². The minimum Gasteiger partial charge on any atom is -0.493 e. The van der Waals surface area contributed by atoms with Crippen LogP contribution in [-0.4, -0.2) is 30.9 Å². The van der Waals surface area contributed by atoms with Crippen LogP contribution in [0.5, 0.6) is 11.5 Å². The Hall–Kier alpha value is -3.36. The smallest absolute Gasteiger partial charge is 0.338 e. The zero-order chi connectivity index (χ0) is 25.8. The zero-order valence-corrected chi connectivity index (χ0v) is 22.1. The quantitative estimate of drug-likeness (QED) is 0.410. The summed E-state index contributed by atoms with van der Waals surface area (Å²) in [4.78, 5) is 31.8. The van der Waals surface area contributed by atoms with Crippen molar-refractivity contribution < 1.29 is 19.0 Å². The number of hydrogen-bond acceptors (Lipinski definition) is 7. The number of allylic oxidation sites excluding steroid dienone is 1. The first-order chi connectivity index (χ1) is 17.4. The second-order valence-corrected chi connectivity index (χ2v) is 9.50. The summed E-state index contributed by atoms with van der Waals surface area (Å²) in [6.07, 6.45) is 2.66. The molecule has 36 heavy (non-hydrogen) atoms. The number of methoxy groups -OCH3 is 1. The van der Waals surface area contributed by atoms with Gasteiger partial charge in [-0.15, -0.1) is 0 Å². The maximum Gasteiger partial charge on any atom is 0.338 e. The number of fused-ring (bicyclic) bond motifs is 1. The SMILES string of the molecule is CCCOc1ccc(/C=c2/sc3n(c2=O)[C@H](c2ccccc2Cl)C(C(=O)OCC)=C(C)N=3)cc1OC. The number of carbonyl (C=O) groups is 1. The Morgan fingerprint density at radius 3 is 2.67 bits per heavy atom. The number of esters is 1. The first-order valence-electron chi connectivity index (χ1n) is 11.6. The number of carbonyl (C=O) groups excluding carboxylic acids is 1. The van der Waals surface area contributed by atoms with Gasteiger partial charge in [0.25, 0.3) is 5.56 Å². The van der Waals surface area contributed by atoms with Gasteiger partial charge in [-0.3, -0.25) is 9.36 Å². The van der Waals surface area contributed by atoms with E-state index in [2.05, 4.69) is 4.99 Å². The highest BCUT2D eigenvalue weighted by Crippen LogP contribution is 2.34. The van der Waals surface area contributed by atoms with Gasteiger partial charge in [-0.25, -0.2) is 9.79 Å². The third-order valence-electron chi connectivity index (χ3n) is 5.66. The van der Waals surface area contributed by atoms with E-state index in [1.807, 2.05) is 37.3 Å². The molecular weight excluding hydrogens is 500 g/mol. The van der Waals surface area contributed by atoms with Crippen molar-refractivity contribution in [3.63, 3.8) is 0 Å². The van der Waals surface area contributed by atoms with Gasteiger partial charge in [0.1, 0.15) is 6.04 Å². The van der Waals surface area contributed by atoms with Crippen LogP contribution in [-0.2, 0) is 9.53 Å². The van der Waals surface area contributed by atoms with E-state index in [0.29, 0.717) is 49.3 Å². The van der Waals surface area contributed by atoms with Crippen LogP contribution in [0.2, 0.25) is 5.02 Å². The number of thiazole rings is 1. The lowest BCUT2D eigenvalue weighted by atomic mass is 9.96. The van der Waals surface area contributed by atoms with E-state index in [1.165, 1.54) is 15.9 Å². The van der Waals surface area contributed by atoms with Gasteiger partial charge in [0, 0.05) is 5.02 Å². The number of hydrogen-bond donors (Lipinski definition) is 0. The Morgan fingerprint density at radius 2 is 1.97 bits per heavy atom. The van der Waals surface area contributed by atoms with E-state index in [1.54, 1.807) is 39.2 Å². The molecule has 1 aliphatic heterocycles. The first kappa shape index (κ1) is 25.7. The molecule has 3 aromatic rings. The standard InChI is InChI=1S/C27H27ClN2O5S/c1-5-13-35-20-12-11-17(14-21(20)33-4)15-22-25(31)30-24(18-9-7-8-10-19(18)28)23(26(32)34-6-2)16(3)29-27(30)36-22/h7-12,14-15,24H,5-6,13H2,1-4H3/b22-15+/t24-/m1/s1. The monoisotopic (exact) mass is 526 g/mol. The summed E-state index contributed by atoms with van der Waals surface area (Å²) in [5.74, 6) is 0.705. The molecule has 0 aliphatic carbocycles. The Morgan fingerprint density at radius 1 is 1.19 bits per heavy atom. The van der Waals surface area contributed by atoms with E-state index in [0.717, 1.165) is 12.0 Å². The summed E-state index contributed by atoms with van der Waals surface area (Å²) in [5.41, 5.74) is 1.91. The number of nitrogens with zero attached hydrogens (tertiary/aromatic N) is 2. The van der Waals surface area contributed by atoms with Gasteiger partial charge in [0.15, 0.2) is 16.3 Å². The number of ether oxygens (including phenoxy) is 3. The van der Waals surface area contributed by atoms with Crippen molar-refractivity contribution in [2.45, 2.75) is 33.2 Å². The lowest BCUT2D eigenvalue weighted by Gasteiger charge is -2.25. The molecule has 1 atom stereocenters. The summed E-state index contributed by atoms with van der Waals surface area (Å²) in [7, 11) is 1.58. The fourth-order valence-electron chi connectivity index (χ4n) is 4.04. The minimum atomic E-state index is -0.754. The Bertz CT molecular complexity index is 1510. The summed E-state index contributed by atoms with van der Waals surface area (Å²) in [5, 5.41) is 0.445. The number of rotatable bonds is 8. The summed E-state index contributed by atoms with van der Waals surface area (Å²) < 4.78 is 18.5. The number of benzene rings is 2. The van der Waals surface area contributed by atoms with Crippen LogP contribution in [0.25, 0.3) is 6.08 Å². The summed E-state index contributed by atoms with van der Waals surface area (Å²) in [6, 6.07) is 11.9. The van der Waals surface area contributed by atoms with E-state index in [4.69, 9.17) is 25.8 Å². The normalized spacial score (nSPS) is 15.4. The van der Waals surface area contributed by atoms with Crippen LogP contribution in [0, 0.1) is 0 Å². The molecule has 2 heterocycles. The second-order valence-electron chi connectivity index (χ2n) is 8.08. The van der Waals surface area contributed by atoms with Gasteiger partial charge >= 0.3 is 5.97 Å². The van der Waals surface area contributed by atoms with Gasteiger partial charge in [-0.1, -0.05) is 54.1 Å². The van der Waals surface area contributed by atoms with Gasteiger partial charge in [-0.05, 0) is 55.7 Å². The highest BCUT2D eigenvalue weighted by molar-refractivity contribution is 7.07. The molecule has 1 aromatic heterocycles. The van der Waals surface area contributed by atoms with E-state index >= 15 is 0 Å². The van der Waals surface area contributed by atoms with Crippen molar-refractivity contribution in [2.24, 2.45) is 4.99 Å². The van der Waals surface area contributed by atoms with E-state index < -0.39 is 12.0 Å². The predicted octanol–water partition coefficient (Wildman–Crippen LogP) is 4.25. The van der Waals surface area contributed by atoms with Crippen LogP contribution in [0.1, 0.15) is 44.4 Å². The van der Waals surface area contributed by atoms with Crippen molar-refractivity contribution >= 4 is 35.0 Å². The third kappa shape index (κ3) is 4.96. The molecule has 0 radical (unpaired) electrons. The molecule has 9 heteroatoms. The highest BCUT2D eigenvalue weighted by Gasteiger charge is 2.34. The van der Waals surface area contributed by atoms with Crippen LogP contribution >= 0.6 is 22.9 Å². The molecular formula is C27H27ClN2O5S. The fraction of sp³-hybridized carbons (Fsp3) is 0.296. The Kier molecular flexibility index (Phi) is 7.96. The molecule has 0 bridgehead atoms. The highest BCUT2D eigenvalue weighted by atomic mass is 35.5. The molecule has 2 aromatic carbocycles. The lowest BCUT2D eigenvalue weighted by molar-refractivity contribution is -0.139. The molecule has 0 saturated heterocycles. The molecule has 0 spiro atoms. The number of aromatic nitrogens is 1. The summed E-state index contributed by atoms with van der Waals surface area (Å²) in [6.45, 7) is 6.30. The molecule has 0 saturated carbocycles. The minimum absolute atomic E-state index is 0.203. The average molecular weight is 527 g/mol. The molecule has 4 rings (SSSR count). The molecule has 1 aliphatic rings. The van der Waals surface area contributed by atoms with Crippen LogP contribution < -0.4 is 24.4 Å². The van der Waals surface area contributed by atoms with E-state index in [-0.39, 0.29) is 12.2 Å². The molecule has 0 amide bonds. The fourth-order valence-corrected chi connectivity index (χ4v) is 5.32. The topological polar surface area (TPSA) is 79.1 Å². The largest absolute Gasteiger partial charge is 0.493 e. The third-order valence-corrected chi connectivity index (χ3v) is 6.99. The van der Waals surface area contributed by atoms with Crippen molar-refractivity contribution in [1.29, 1.82) is 0 Å². The van der Waals surface area contributed by atoms with Crippen LogP contribution in [0.4, 0.5) is 0 Å². The first-order valence-corrected chi connectivity index (χ1v) is 12.8.